The predicted octanol–water partition coefficient (Wildman–Crippen LogP) is 4.16. The monoisotopic (exact) mass is 908 g/mol. The lowest BCUT2D eigenvalue weighted by Crippen LogP contribution is -2.50. The maximum atomic E-state index is 15.3. The minimum Gasteiger partial charge on any atom is -0.389 e. The number of hydrazone groups is 1. The number of hydrogen-bond donors (Lipinski definition) is 3. The maximum absolute atomic E-state index is 15.3. The van der Waals surface area contributed by atoms with Crippen molar-refractivity contribution in [1.82, 2.24) is 44.8 Å². The Balaban J connectivity index is 0.732. The molecule has 0 saturated carbocycles. The molecule has 0 spiro atoms. The summed E-state index contributed by atoms with van der Waals surface area (Å²) in [6.07, 6.45) is 15.3. The zero-order valence-corrected chi connectivity index (χ0v) is 37.4. The third-order valence-corrected chi connectivity index (χ3v) is 14.3. The van der Waals surface area contributed by atoms with Crippen molar-refractivity contribution in [1.29, 1.82) is 5.26 Å². The molecule has 4 fully saturated rings. The number of likely N-dealkylation sites (tertiary alicyclic amines) is 1. The van der Waals surface area contributed by atoms with Crippen LogP contribution in [0.15, 0.2) is 72.5 Å². The number of piperidine rings is 4. The van der Waals surface area contributed by atoms with Gasteiger partial charge in [-0.15, -0.1) is 0 Å². The van der Waals surface area contributed by atoms with Crippen molar-refractivity contribution >= 4 is 46.6 Å². The van der Waals surface area contributed by atoms with Gasteiger partial charge in [-0.2, -0.15) is 15.5 Å². The Hall–Kier alpha value is -7.07. The van der Waals surface area contributed by atoms with Gasteiger partial charge in [0.15, 0.2) is 0 Å². The van der Waals surface area contributed by atoms with Crippen LogP contribution in [-0.4, -0.2) is 132 Å². The van der Waals surface area contributed by atoms with Crippen LogP contribution in [0.25, 0.3) is 16.8 Å². The molecule has 4 saturated heterocycles. The van der Waals surface area contributed by atoms with E-state index < -0.39 is 28.8 Å². The summed E-state index contributed by atoms with van der Waals surface area (Å²) in [6, 6.07) is 12.3. The molecule has 10 rings (SSSR count). The molecule has 1 aromatic carbocycles. The third kappa shape index (κ3) is 8.97. The number of carbonyl (C=O) groups is 3. The van der Waals surface area contributed by atoms with Gasteiger partial charge in [0.1, 0.15) is 40.7 Å². The van der Waals surface area contributed by atoms with Gasteiger partial charge in [0.05, 0.1) is 59.5 Å². The Morgan fingerprint density at radius 2 is 1.75 bits per heavy atom. The SMILES string of the molecule is CC1(c2cn3ncc(C#N)c3c(-c3ccc(N4CCC(c5ncccn5)CC4)nc3)n2)C=NN(C2CCN(C(=O)CC3(O)CCN(c4ccc(NC5CCC(=O)NC5=O)cc4F)CC3)CC2)C1. The number of halogens is 1. The Kier molecular flexibility index (Phi) is 11.7. The van der Waals surface area contributed by atoms with Crippen LogP contribution in [0.2, 0.25) is 0 Å². The molecule has 346 valence electrons. The van der Waals surface area contributed by atoms with Crippen LogP contribution in [0.5, 0.6) is 0 Å². The Labute approximate surface area is 386 Å². The number of aromatic nitrogens is 6. The van der Waals surface area contributed by atoms with Crippen molar-refractivity contribution in [2.45, 2.75) is 93.7 Å². The molecule has 3 amide bonds. The Morgan fingerprint density at radius 3 is 2.45 bits per heavy atom. The highest BCUT2D eigenvalue weighted by atomic mass is 19.1. The second kappa shape index (κ2) is 18.0. The molecule has 4 aromatic heterocycles. The molecule has 5 aromatic rings. The summed E-state index contributed by atoms with van der Waals surface area (Å²) < 4.78 is 17.1. The molecule has 9 heterocycles. The van der Waals surface area contributed by atoms with Crippen LogP contribution in [-0.2, 0) is 19.8 Å². The van der Waals surface area contributed by atoms with E-state index in [4.69, 9.17) is 15.1 Å². The fourth-order valence-corrected chi connectivity index (χ4v) is 10.2. The quantitative estimate of drug-likeness (QED) is 0.168. The largest absolute Gasteiger partial charge is 0.389 e. The molecule has 0 bridgehead atoms. The lowest BCUT2D eigenvalue weighted by Gasteiger charge is -2.41. The number of anilines is 3. The number of fused-ring (bicyclic) bond motifs is 1. The number of pyridine rings is 1. The number of rotatable bonds is 10. The van der Waals surface area contributed by atoms with Crippen molar-refractivity contribution < 1.29 is 23.9 Å². The number of nitriles is 1. The molecule has 2 unspecified atom stereocenters. The van der Waals surface area contributed by atoms with E-state index in [2.05, 4.69) is 48.6 Å². The smallest absolute Gasteiger partial charge is 0.249 e. The van der Waals surface area contributed by atoms with Gasteiger partial charge in [0.25, 0.3) is 0 Å². The van der Waals surface area contributed by atoms with Crippen LogP contribution in [0.1, 0.15) is 87.7 Å². The summed E-state index contributed by atoms with van der Waals surface area (Å²) in [6.45, 7) is 6.22. The predicted molar refractivity (Wildman–Crippen MR) is 247 cm³/mol. The van der Waals surface area contributed by atoms with Crippen LogP contribution in [0.3, 0.4) is 0 Å². The highest BCUT2D eigenvalue weighted by Gasteiger charge is 2.41. The topological polar surface area (TPSA) is 213 Å². The third-order valence-electron chi connectivity index (χ3n) is 14.3. The van der Waals surface area contributed by atoms with Crippen molar-refractivity contribution in [2.75, 3.05) is 60.9 Å². The summed E-state index contributed by atoms with van der Waals surface area (Å²) in [5.41, 5.74) is 2.28. The van der Waals surface area contributed by atoms with Crippen molar-refractivity contribution in [3.8, 4) is 17.3 Å². The first-order chi connectivity index (χ1) is 32.4. The van der Waals surface area contributed by atoms with Crippen molar-refractivity contribution in [3.05, 3.63) is 90.3 Å². The lowest BCUT2D eigenvalue weighted by atomic mass is 9.87. The highest BCUT2D eigenvalue weighted by Crippen LogP contribution is 2.36. The minimum absolute atomic E-state index is 0.00166. The molecule has 18 nitrogen and oxygen atoms in total. The second-order valence-corrected chi connectivity index (χ2v) is 18.8. The molecule has 0 radical (unpaired) electrons. The lowest BCUT2D eigenvalue weighted by molar-refractivity contribution is -0.139. The first-order valence-electron chi connectivity index (χ1n) is 23.2. The molecule has 3 N–H and O–H groups in total. The van der Waals surface area contributed by atoms with Crippen molar-refractivity contribution in [3.63, 3.8) is 0 Å². The average molecular weight is 909 g/mol. The Morgan fingerprint density at radius 1 is 0.970 bits per heavy atom. The summed E-state index contributed by atoms with van der Waals surface area (Å²) in [4.78, 5) is 62.3. The summed E-state index contributed by atoms with van der Waals surface area (Å²) in [5, 5.41) is 38.4. The first kappa shape index (κ1) is 43.8. The van der Waals surface area contributed by atoms with Crippen LogP contribution >= 0.6 is 0 Å². The molecule has 2 atom stereocenters. The highest BCUT2D eigenvalue weighted by molar-refractivity contribution is 6.01. The normalized spacial score (nSPS) is 22.6. The number of nitrogens with one attached hydrogen (secondary N) is 2. The summed E-state index contributed by atoms with van der Waals surface area (Å²) >= 11 is 0. The fourth-order valence-electron chi connectivity index (χ4n) is 10.2. The number of amides is 3. The molecule has 19 heteroatoms. The van der Waals surface area contributed by atoms with E-state index in [1.54, 1.807) is 35.2 Å². The zero-order chi connectivity index (χ0) is 46.3. The molecule has 0 aliphatic carbocycles. The van der Waals surface area contributed by atoms with E-state index in [0.29, 0.717) is 86.1 Å². The Bertz CT molecular complexity index is 2740. The number of aliphatic hydroxyl groups is 1. The van der Waals surface area contributed by atoms with Crippen LogP contribution in [0, 0.1) is 17.1 Å². The number of benzene rings is 1. The number of carbonyl (C=O) groups excluding carboxylic acids is 3. The van der Waals surface area contributed by atoms with Gasteiger partial charge in [-0.05, 0) is 88.3 Å². The van der Waals surface area contributed by atoms with Crippen molar-refractivity contribution in [2.24, 2.45) is 5.10 Å². The standard InChI is InChI=1S/C48H53FN14O4/c1-47(39-28-62-44(33(25-50)27-54-62)43(57-39)32-3-7-40(53-26-32)60-17-9-31(10-18-60)45-51-15-2-16-52-45)29-55-63(30-47)35-11-19-61(20-12-35)42(65)24-48(67)13-21-59(22-14-48)38-6-4-34(23-36(38)49)56-37-5-8-41(64)58-46(37)66/h2-4,6-7,15-16,23,26-29,31,35,37,56,67H,5,8-14,17-22,24,30H2,1H3,(H,58,64,66). The van der Waals surface area contributed by atoms with Gasteiger partial charge in [0.2, 0.25) is 17.7 Å². The number of imide groups is 1. The van der Waals surface area contributed by atoms with E-state index >= 15 is 4.39 Å². The van der Waals surface area contributed by atoms with Gasteiger partial charge in [-0.1, -0.05) is 0 Å². The van der Waals surface area contributed by atoms with Gasteiger partial charge in [-0.3, -0.25) is 24.7 Å². The van der Waals surface area contributed by atoms with Crippen LogP contribution in [0.4, 0.5) is 21.6 Å². The number of nitrogens with zero attached hydrogens (tertiary/aromatic N) is 12. The molecule has 5 aliphatic rings. The van der Waals surface area contributed by atoms with E-state index in [9.17, 15) is 24.8 Å². The summed E-state index contributed by atoms with van der Waals surface area (Å²) in [5.74, 6) is 0.810. The first-order valence-corrected chi connectivity index (χ1v) is 23.2. The van der Waals surface area contributed by atoms with Gasteiger partial charge < -0.3 is 25.1 Å². The second-order valence-electron chi connectivity index (χ2n) is 18.8. The van der Waals surface area contributed by atoms with E-state index in [-0.39, 0.29) is 30.7 Å². The zero-order valence-electron chi connectivity index (χ0n) is 37.4. The van der Waals surface area contributed by atoms with E-state index in [0.717, 1.165) is 61.7 Å². The molecule has 5 aliphatic heterocycles. The minimum atomic E-state index is -1.20. The van der Waals surface area contributed by atoms with E-state index in [1.165, 1.54) is 6.07 Å². The maximum Gasteiger partial charge on any atom is 0.249 e. The fraction of sp³-hybridized carbons (Fsp3) is 0.458. The van der Waals surface area contributed by atoms with E-state index in [1.807, 2.05) is 46.6 Å². The van der Waals surface area contributed by atoms with Crippen LogP contribution < -0.4 is 20.4 Å². The number of hydrogen-bond acceptors (Lipinski definition) is 15. The molecular weight excluding hydrogens is 856 g/mol. The van der Waals surface area contributed by atoms with Gasteiger partial charge in [-0.25, -0.2) is 28.8 Å². The summed E-state index contributed by atoms with van der Waals surface area (Å²) in [7, 11) is 0. The molecule has 67 heavy (non-hydrogen) atoms. The average Bonchev–Trinajstić information content (AvgIpc) is 3.97. The van der Waals surface area contributed by atoms with Gasteiger partial charge in [0, 0.05) is 87.7 Å². The molecular formula is C48H53FN14O4. The van der Waals surface area contributed by atoms with Gasteiger partial charge >= 0.3 is 0 Å².